The summed E-state index contributed by atoms with van der Waals surface area (Å²) in [6.07, 6.45) is -1.68. The number of carbonyl (C=O) groups is 3. The van der Waals surface area contributed by atoms with Gasteiger partial charge < -0.3 is 20.3 Å². The first-order valence-electron chi connectivity index (χ1n) is 12.7. The van der Waals surface area contributed by atoms with Gasteiger partial charge in [0, 0.05) is 31.0 Å². The smallest absolute Gasteiger partial charge is 0.475 e. The van der Waals surface area contributed by atoms with Crippen LogP contribution >= 0.6 is 0 Å². The molecule has 2 aromatic heterocycles. The number of benzene rings is 1. The summed E-state index contributed by atoms with van der Waals surface area (Å²) in [5.41, 5.74) is 1.19. The molecule has 0 fully saturated rings. The monoisotopic (exact) mass is 623 g/mol. The Morgan fingerprint density at radius 1 is 0.907 bits per heavy atom. The van der Waals surface area contributed by atoms with Gasteiger partial charge in [0.05, 0.1) is 24.4 Å². The van der Waals surface area contributed by atoms with Crippen molar-refractivity contribution >= 4 is 17.8 Å². The standard InChI is InChI=1S/C23H27F4N7O2.C2HF3O2/c24-10-3-1-2-5-19-20(22(36)29-11-4-13-33-14-12-28-16-33)31-32-34(19)18-8-6-17(7-9-18)21(35)30-15-23(25,26)27;3-2(4,5)1(6)7/h6-9,12,14,16H,1-5,10-11,13,15H2,(H,29,36)(H,30,35);(H,6,7). The second-order valence-corrected chi connectivity index (χ2v) is 8.85. The van der Waals surface area contributed by atoms with Crippen LogP contribution in [0, 0.1) is 0 Å². The van der Waals surface area contributed by atoms with Crippen molar-refractivity contribution in [3.05, 3.63) is 59.9 Å². The first-order valence-corrected chi connectivity index (χ1v) is 12.7. The van der Waals surface area contributed by atoms with Crippen LogP contribution in [0.1, 0.15) is 52.2 Å². The van der Waals surface area contributed by atoms with Crippen molar-refractivity contribution in [1.29, 1.82) is 0 Å². The zero-order valence-corrected chi connectivity index (χ0v) is 22.5. The van der Waals surface area contributed by atoms with Gasteiger partial charge in [-0.3, -0.25) is 14.0 Å². The van der Waals surface area contributed by atoms with E-state index in [9.17, 15) is 40.3 Å². The number of aromatic nitrogens is 5. The van der Waals surface area contributed by atoms with Crippen LogP contribution in [0.3, 0.4) is 0 Å². The van der Waals surface area contributed by atoms with Gasteiger partial charge in [-0.1, -0.05) is 11.6 Å². The van der Waals surface area contributed by atoms with Crippen LogP contribution < -0.4 is 10.6 Å². The molecule has 3 rings (SSSR count). The Labute approximate surface area is 240 Å². The number of halogens is 7. The van der Waals surface area contributed by atoms with E-state index in [1.165, 1.54) is 28.9 Å². The number of rotatable bonds is 13. The van der Waals surface area contributed by atoms with Crippen LogP contribution in [-0.2, 0) is 17.8 Å². The van der Waals surface area contributed by atoms with Crippen LogP contribution in [0.4, 0.5) is 30.7 Å². The molecule has 0 aliphatic heterocycles. The van der Waals surface area contributed by atoms with E-state index in [1.807, 2.05) is 16.1 Å². The fourth-order valence-electron chi connectivity index (χ4n) is 3.48. The number of hydrogen-bond donors (Lipinski definition) is 3. The zero-order valence-electron chi connectivity index (χ0n) is 22.5. The molecule has 3 N–H and O–H groups in total. The number of hydrogen-bond acceptors (Lipinski definition) is 6. The first-order chi connectivity index (χ1) is 20.2. The van der Waals surface area contributed by atoms with Crippen LogP contribution in [0.25, 0.3) is 5.69 Å². The van der Waals surface area contributed by atoms with Gasteiger partial charge in [-0.25, -0.2) is 14.5 Å². The Morgan fingerprint density at radius 2 is 1.58 bits per heavy atom. The van der Waals surface area contributed by atoms with E-state index < -0.39 is 43.4 Å². The van der Waals surface area contributed by atoms with Gasteiger partial charge in [0.15, 0.2) is 5.69 Å². The predicted molar refractivity (Wildman–Crippen MR) is 136 cm³/mol. The Balaban J connectivity index is 0.000000821. The molecule has 3 aromatic rings. The van der Waals surface area contributed by atoms with Crippen molar-refractivity contribution in [1.82, 2.24) is 35.2 Å². The molecule has 0 aliphatic rings. The van der Waals surface area contributed by atoms with Gasteiger partial charge >= 0.3 is 18.3 Å². The highest BCUT2D eigenvalue weighted by Gasteiger charge is 2.38. The molecule has 0 radical (unpaired) electrons. The number of aryl methyl sites for hydroxylation is 1. The minimum absolute atomic E-state index is 0.0449. The van der Waals surface area contributed by atoms with Crippen LogP contribution in [0.15, 0.2) is 43.0 Å². The molecular formula is C25H28F7N7O4. The number of nitrogens with zero attached hydrogens (tertiary/aromatic N) is 5. The predicted octanol–water partition coefficient (Wildman–Crippen LogP) is 3.89. The maximum Gasteiger partial charge on any atom is 0.490 e. The molecule has 0 spiro atoms. The number of carbonyl (C=O) groups excluding carboxylic acids is 2. The van der Waals surface area contributed by atoms with Crippen molar-refractivity contribution in [2.45, 2.75) is 51.0 Å². The van der Waals surface area contributed by atoms with E-state index in [2.05, 4.69) is 20.6 Å². The molecule has 1 aromatic carbocycles. The lowest BCUT2D eigenvalue weighted by Gasteiger charge is -2.10. The summed E-state index contributed by atoms with van der Waals surface area (Å²) in [4.78, 5) is 37.6. The third-order valence-corrected chi connectivity index (χ3v) is 5.53. The first kappa shape index (κ1) is 34.7. The topological polar surface area (TPSA) is 144 Å². The fourth-order valence-corrected chi connectivity index (χ4v) is 3.48. The average molecular weight is 624 g/mol. The number of alkyl halides is 7. The summed E-state index contributed by atoms with van der Waals surface area (Å²) in [5, 5.41) is 19.9. The third-order valence-electron chi connectivity index (χ3n) is 5.53. The molecule has 0 unspecified atom stereocenters. The van der Waals surface area contributed by atoms with Crippen molar-refractivity contribution in [2.75, 3.05) is 19.8 Å². The van der Waals surface area contributed by atoms with Crippen molar-refractivity contribution < 1.29 is 50.2 Å². The van der Waals surface area contributed by atoms with Crippen LogP contribution in [-0.4, -0.2) is 79.6 Å². The molecule has 0 aliphatic carbocycles. The van der Waals surface area contributed by atoms with Gasteiger partial charge in [0.1, 0.15) is 6.54 Å². The lowest BCUT2D eigenvalue weighted by Crippen LogP contribution is -2.33. The molecule has 0 atom stereocenters. The molecule has 0 saturated carbocycles. The number of carboxylic acid groups (broad SMARTS) is 1. The van der Waals surface area contributed by atoms with Crippen molar-refractivity contribution in [3.63, 3.8) is 0 Å². The van der Waals surface area contributed by atoms with E-state index in [-0.39, 0.29) is 11.3 Å². The molecule has 18 heteroatoms. The quantitative estimate of drug-likeness (QED) is 0.194. The Bertz CT molecular complexity index is 1310. The lowest BCUT2D eigenvalue weighted by atomic mass is 10.1. The maximum absolute atomic E-state index is 12.8. The molecule has 0 bridgehead atoms. The number of carboxylic acids is 1. The van der Waals surface area contributed by atoms with Gasteiger partial charge in [-0.15, -0.1) is 5.10 Å². The largest absolute Gasteiger partial charge is 0.490 e. The minimum Gasteiger partial charge on any atom is -0.475 e. The van der Waals surface area contributed by atoms with Gasteiger partial charge in [0.25, 0.3) is 11.8 Å². The highest BCUT2D eigenvalue weighted by atomic mass is 19.4. The summed E-state index contributed by atoms with van der Waals surface area (Å²) in [5.74, 6) is -4.01. The van der Waals surface area contributed by atoms with Gasteiger partial charge in [0.2, 0.25) is 0 Å². The summed E-state index contributed by atoms with van der Waals surface area (Å²) < 4.78 is 84.7. The normalized spacial score (nSPS) is 11.4. The summed E-state index contributed by atoms with van der Waals surface area (Å²) in [7, 11) is 0. The molecule has 43 heavy (non-hydrogen) atoms. The van der Waals surface area contributed by atoms with Gasteiger partial charge in [-0.05, 0) is 49.9 Å². The van der Waals surface area contributed by atoms with Crippen molar-refractivity contribution in [2.24, 2.45) is 0 Å². The highest BCUT2D eigenvalue weighted by Crippen LogP contribution is 2.18. The molecule has 2 amide bonds. The number of imidazole rings is 1. The van der Waals surface area contributed by atoms with E-state index in [0.717, 1.165) is 0 Å². The molecular weight excluding hydrogens is 595 g/mol. The summed E-state index contributed by atoms with van der Waals surface area (Å²) >= 11 is 0. The zero-order chi connectivity index (χ0) is 32.0. The minimum atomic E-state index is -5.08. The number of nitrogens with one attached hydrogen (secondary N) is 2. The Kier molecular flexibility index (Phi) is 13.1. The summed E-state index contributed by atoms with van der Waals surface area (Å²) in [6.45, 7) is -0.765. The lowest BCUT2D eigenvalue weighted by molar-refractivity contribution is -0.192. The van der Waals surface area contributed by atoms with Crippen LogP contribution in [0.5, 0.6) is 0 Å². The second-order valence-electron chi connectivity index (χ2n) is 8.85. The van der Waals surface area contributed by atoms with Gasteiger partial charge in [-0.2, -0.15) is 26.3 Å². The molecule has 2 heterocycles. The fraction of sp³-hybridized carbons (Fsp3) is 0.440. The third kappa shape index (κ3) is 12.1. The molecule has 11 nitrogen and oxygen atoms in total. The van der Waals surface area contributed by atoms with E-state index >= 15 is 0 Å². The Morgan fingerprint density at radius 3 is 2.14 bits per heavy atom. The SMILES string of the molecule is O=C(NCC(F)(F)F)c1ccc(-n2nnc(C(=O)NCCCn3ccnc3)c2CCCCCF)cc1.O=C(O)C(F)(F)F. The van der Waals surface area contributed by atoms with Crippen molar-refractivity contribution in [3.8, 4) is 5.69 Å². The highest BCUT2D eigenvalue weighted by molar-refractivity contribution is 5.94. The van der Waals surface area contributed by atoms with E-state index in [4.69, 9.17) is 9.90 Å². The average Bonchev–Trinajstić information content (AvgIpc) is 3.62. The Hall–Kier alpha value is -4.51. The number of unbranched alkanes of at least 4 members (excludes halogenated alkanes) is 2. The second kappa shape index (κ2) is 16.2. The number of aliphatic carboxylic acids is 1. The molecule has 0 saturated heterocycles. The maximum atomic E-state index is 12.8. The van der Waals surface area contributed by atoms with E-state index in [0.29, 0.717) is 56.6 Å². The van der Waals surface area contributed by atoms with Crippen LogP contribution in [0.2, 0.25) is 0 Å². The number of amides is 2. The molecule has 236 valence electrons. The summed E-state index contributed by atoms with van der Waals surface area (Å²) in [6, 6.07) is 5.75. The van der Waals surface area contributed by atoms with E-state index in [1.54, 1.807) is 12.5 Å².